The number of carboxylic acids is 1. The third kappa shape index (κ3) is 3.34. The minimum atomic E-state index is -4.82. The van der Waals surface area contributed by atoms with E-state index < -0.39 is 23.9 Å². The number of carboxylic acid groups (broad SMARTS) is 1. The van der Waals surface area contributed by atoms with Crippen LogP contribution in [-0.4, -0.2) is 23.2 Å². The van der Waals surface area contributed by atoms with Gasteiger partial charge in [-0.15, -0.1) is 0 Å². The van der Waals surface area contributed by atoms with Gasteiger partial charge in [-0.25, -0.2) is 9.59 Å². The van der Waals surface area contributed by atoms with Crippen molar-refractivity contribution in [1.82, 2.24) is 0 Å². The maximum absolute atomic E-state index is 12.0. The molecule has 0 radical (unpaired) electrons. The van der Waals surface area contributed by atoms with E-state index in [-0.39, 0.29) is 11.1 Å². The second-order valence-corrected chi connectivity index (χ2v) is 3.19. The topological polar surface area (TPSA) is 63.6 Å². The molecule has 0 fully saturated rings. The molecule has 4 nitrogen and oxygen atoms in total. The summed E-state index contributed by atoms with van der Waals surface area (Å²) in [5.74, 6) is -4.10. The van der Waals surface area contributed by atoms with Crippen LogP contribution in [0.1, 0.15) is 20.7 Å². The highest BCUT2D eigenvalue weighted by molar-refractivity contribution is 5.92. The van der Waals surface area contributed by atoms with Crippen LogP contribution in [0, 0.1) is 0 Å². The smallest absolute Gasteiger partial charge is 0.449 e. The first-order chi connectivity index (χ1) is 8.21. The van der Waals surface area contributed by atoms with Gasteiger partial charge in [0.1, 0.15) is 0 Å². The number of halogens is 3. The number of allylic oxidation sites excluding steroid dienone is 1. The predicted octanol–water partition coefficient (Wildman–Crippen LogP) is 2.62. The van der Waals surface area contributed by atoms with Crippen molar-refractivity contribution in [2.24, 2.45) is 0 Å². The van der Waals surface area contributed by atoms with E-state index in [1.54, 1.807) is 0 Å². The molecular formula is C11H7F3O4. The molecule has 0 saturated heterocycles. The monoisotopic (exact) mass is 260 g/mol. The quantitative estimate of drug-likeness (QED) is 0.670. The SMILES string of the molecule is C=C(OC(=O)c1ccc(C(=O)O)cc1)C(F)(F)F. The molecule has 0 aromatic heterocycles. The molecule has 1 N–H and O–H groups in total. The molecule has 0 aliphatic carbocycles. The zero-order valence-corrected chi connectivity index (χ0v) is 8.82. The van der Waals surface area contributed by atoms with Gasteiger partial charge in [0.25, 0.3) is 0 Å². The highest BCUT2D eigenvalue weighted by Gasteiger charge is 2.35. The van der Waals surface area contributed by atoms with Crippen molar-refractivity contribution in [3.63, 3.8) is 0 Å². The van der Waals surface area contributed by atoms with E-state index >= 15 is 0 Å². The third-order valence-electron chi connectivity index (χ3n) is 1.90. The Morgan fingerprint density at radius 2 is 1.56 bits per heavy atom. The average Bonchev–Trinajstić information content (AvgIpc) is 2.27. The van der Waals surface area contributed by atoms with Gasteiger partial charge in [-0.3, -0.25) is 0 Å². The van der Waals surface area contributed by atoms with Gasteiger partial charge in [-0.05, 0) is 24.3 Å². The van der Waals surface area contributed by atoms with Crippen LogP contribution in [0.15, 0.2) is 36.6 Å². The fraction of sp³-hybridized carbons (Fsp3) is 0.0909. The maximum atomic E-state index is 12.0. The Labute approximate surface area is 99.3 Å². The molecule has 1 aromatic rings. The molecule has 0 saturated carbocycles. The van der Waals surface area contributed by atoms with Gasteiger partial charge in [-0.2, -0.15) is 13.2 Å². The first-order valence-electron chi connectivity index (χ1n) is 4.53. The van der Waals surface area contributed by atoms with Crippen LogP contribution < -0.4 is 0 Å². The van der Waals surface area contributed by atoms with Crippen molar-refractivity contribution >= 4 is 11.9 Å². The first kappa shape index (κ1) is 13.8. The van der Waals surface area contributed by atoms with Gasteiger partial charge < -0.3 is 9.84 Å². The number of carbonyl (C=O) groups excluding carboxylic acids is 1. The van der Waals surface area contributed by atoms with E-state index in [9.17, 15) is 22.8 Å². The van der Waals surface area contributed by atoms with Crippen molar-refractivity contribution in [2.75, 3.05) is 0 Å². The number of aromatic carboxylic acids is 1. The third-order valence-corrected chi connectivity index (χ3v) is 1.90. The number of ether oxygens (including phenoxy) is 1. The van der Waals surface area contributed by atoms with Gasteiger partial charge in [-0.1, -0.05) is 6.58 Å². The lowest BCUT2D eigenvalue weighted by Crippen LogP contribution is -2.17. The zero-order chi connectivity index (χ0) is 13.9. The molecule has 0 spiro atoms. The molecule has 0 aliphatic rings. The Kier molecular flexibility index (Phi) is 3.75. The van der Waals surface area contributed by atoms with Gasteiger partial charge in [0, 0.05) is 0 Å². The summed E-state index contributed by atoms with van der Waals surface area (Å²) in [4.78, 5) is 21.8. The van der Waals surface area contributed by atoms with E-state index in [0.29, 0.717) is 0 Å². The Hall–Kier alpha value is -2.31. The Morgan fingerprint density at radius 3 is 1.94 bits per heavy atom. The molecule has 96 valence electrons. The Balaban J connectivity index is 2.80. The normalized spacial score (nSPS) is 10.8. The lowest BCUT2D eigenvalue weighted by molar-refractivity contribution is -0.122. The predicted molar refractivity (Wildman–Crippen MR) is 54.0 cm³/mol. The summed E-state index contributed by atoms with van der Waals surface area (Å²) in [6.45, 7) is 2.58. The highest BCUT2D eigenvalue weighted by atomic mass is 19.4. The van der Waals surface area contributed by atoms with E-state index in [2.05, 4.69) is 11.3 Å². The summed E-state index contributed by atoms with van der Waals surface area (Å²) in [5, 5.41) is 8.59. The van der Waals surface area contributed by atoms with Gasteiger partial charge in [0.2, 0.25) is 5.76 Å². The molecule has 0 atom stereocenters. The van der Waals surface area contributed by atoms with Crippen molar-refractivity contribution in [3.8, 4) is 0 Å². The summed E-state index contributed by atoms with van der Waals surface area (Å²) in [7, 11) is 0. The number of rotatable bonds is 3. The zero-order valence-electron chi connectivity index (χ0n) is 8.82. The summed E-state index contributed by atoms with van der Waals surface area (Å²) < 4.78 is 40.1. The highest BCUT2D eigenvalue weighted by Crippen LogP contribution is 2.25. The number of hydrogen-bond donors (Lipinski definition) is 1. The molecule has 0 aliphatic heterocycles. The van der Waals surface area contributed by atoms with E-state index in [1.807, 2.05) is 0 Å². The molecule has 1 aromatic carbocycles. The van der Waals surface area contributed by atoms with Crippen molar-refractivity contribution in [3.05, 3.63) is 47.7 Å². The molecule has 0 amide bonds. The standard InChI is InChI=1S/C11H7F3O4/c1-6(11(12,13)14)18-10(17)8-4-2-7(3-5-8)9(15)16/h2-5H,1H2,(H,15,16). The van der Waals surface area contributed by atoms with E-state index in [4.69, 9.17) is 5.11 Å². The summed E-state index contributed by atoms with van der Waals surface area (Å²) >= 11 is 0. The lowest BCUT2D eigenvalue weighted by atomic mass is 10.1. The fourth-order valence-electron chi connectivity index (χ4n) is 0.978. The van der Waals surface area contributed by atoms with Crippen LogP contribution in [0.5, 0.6) is 0 Å². The average molecular weight is 260 g/mol. The van der Waals surface area contributed by atoms with Crippen molar-refractivity contribution in [2.45, 2.75) is 6.18 Å². The summed E-state index contributed by atoms with van der Waals surface area (Å²) in [6, 6.07) is 4.26. The van der Waals surface area contributed by atoms with Gasteiger partial charge in [0.05, 0.1) is 11.1 Å². The van der Waals surface area contributed by atoms with Gasteiger partial charge in [0.15, 0.2) is 0 Å². The maximum Gasteiger partial charge on any atom is 0.449 e. The molecular weight excluding hydrogens is 253 g/mol. The first-order valence-corrected chi connectivity index (χ1v) is 4.53. The number of hydrogen-bond acceptors (Lipinski definition) is 3. The number of esters is 1. The van der Waals surface area contributed by atoms with Crippen LogP contribution in [0.3, 0.4) is 0 Å². The lowest BCUT2D eigenvalue weighted by Gasteiger charge is -2.10. The second kappa shape index (κ2) is 4.91. The van der Waals surface area contributed by atoms with Crippen molar-refractivity contribution in [1.29, 1.82) is 0 Å². The summed E-state index contributed by atoms with van der Waals surface area (Å²) in [6.07, 6.45) is -4.82. The molecule has 18 heavy (non-hydrogen) atoms. The van der Waals surface area contributed by atoms with Crippen LogP contribution in [0.4, 0.5) is 13.2 Å². The van der Waals surface area contributed by atoms with E-state index in [1.165, 1.54) is 0 Å². The van der Waals surface area contributed by atoms with Crippen LogP contribution in [-0.2, 0) is 4.74 Å². The van der Waals surface area contributed by atoms with Crippen molar-refractivity contribution < 1.29 is 32.6 Å². The van der Waals surface area contributed by atoms with Crippen LogP contribution >= 0.6 is 0 Å². The number of benzene rings is 1. The van der Waals surface area contributed by atoms with E-state index in [0.717, 1.165) is 24.3 Å². The Morgan fingerprint density at radius 1 is 1.11 bits per heavy atom. The number of alkyl halides is 3. The largest absolute Gasteiger partial charge is 0.478 e. The molecule has 0 heterocycles. The van der Waals surface area contributed by atoms with Crippen LogP contribution in [0.2, 0.25) is 0 Å². The minimum absolute atomic E-state index is 0.0961. The number of carbonyl (C=O) groups is 2. The molecule has 7 heteroatoms. The summed E-state index contributed by atoms with van der Waals surface area (Å²) in [5.41, 5.74) is -0.299. The van der Waals surface area contributed by atoms with Gasteiger partial charge >= 0.3 is 18.1 Å². The minimum Gasteiger partial charge on any atom is -0.478 e. The second-order valence-electron chi connectivity index (χ2n) is 3.19. The Bertz CT molecular complexity index is 488. The molecule has 0 unspecified atom stereocenters. The fourth-order valence-corrected chi connectivity index (χ4v) is 0.978. The van der Waals surface area contributed by atoms with Crippen LogP contribution in [0.25, 0.3) is 0 Å². The molecule has 0 bridgehead atoms. The molecule has 1 rings (SSSR count).